The van der Waals surface area contributed by atoms with E-state index in [-0.39, 0.29) is 0 Å². The van der Waals surface area contributed by atoms with Crippen molar-refractivity contribution in [1.29, 1.82) is 0 Å². The zero-order chi connectivity index (χ0) is 9.42. The normalized spacial score (nSPS) is 10.6. The van der Waals surface area contributed by atoms with Crippen LogP contribution in [0.15, 0.2) is 18.3 Å². The van der Waals surface area contributed by atoms with Gasteiger partial charge in [-0.3, -0.25) is 4.98 Å². The fourth-order valence-corrected chi connectivity index (χ4v) is 1.30. The molecule has 0 aliphatic carbocycles. The van der Waals surface area contributed by atoms with Crippen LogP contribution < -0.4 is 5.73 Å². The maximum Gasteiger partial charge on any atom is 0.112 e. The minimum Gasteiger partial charge on any atom is -0.397 e. The van der Waals surface area contributed by atoms with Gasteiger partial charge in [-0.15, -0.1) is 0 Å². The van der Waals surface area contributed by atoms with Crippen LogP contribution >= 0.6 is 0 Å². The Bertz CT molecular complexity index is 463. The molecule has 0 amide bonds. The summed E-state index contributed by atoms with van der Waals surface area (Å²) in [5.74, 6) is 0. The second-order valence-corrected chi connectivity index (χ2v) is 3.18. The van der Waals surface area contributed by atoms with Crippen molar-refractivity contribution in [2.45, 2.75) is 13.8 Å². The summed E-state index contributed by atoms with van der Waals surface area (Å²) in [4.78, 5) is 8.59. The minimum atomic E-state index is 0.727. The molecule has 2 aromatic rings. The van der Waals surface area contributed by atoms with Gasteiger partial charge in [0.2, 0.25) is 0 Å². The number of anilines is 1. The number of hydrogen-bond acceptors (Lipinski definition) is 3. The molecular weight excluding hydrogens is 162 g/mol. The van der Waals surface area contributed by atoms with Gasteiger partial charge in [-0.1, -0.05) is 6.07 Å². The molecule has 0 atom stereocenters. The van der Waals surface area contributed by atoms with Crippen LogP contribution in [-0.4, -0.2) is 9.97 Å². The zero-order valence-corrected chi connectivity index (χ0v) is 7.70. The maximum absolute atomic E-state index is 5.87. The first kappa shape index (κ1) is 7.98. The first-order valence-corrected chi connectivity index (χ1v) is 4.17. The second kappa shape index (κ2) is 2.69. The number of hydrogen-bond donors (Lipinski definition) is 1. The van der Waals surface area contributed by atoms with E-state index in [1.807, 2.05) is 26.0 Å². The maximum atomic E-state index is 5.87. The third kappa shape index (κ3) is 1.22. The van der Waals surface area contributed by atoms with Gasteiger partial charge in [0.05, 0.1) is 16.9 Å². The van der Waals surface area contributed by atoms with E-state index in [0.29, 0.717) is 0 Å². The molecule has 0 radical (unpaired) electrons. The Kier molecular flexibility index (Phi) is 1.65. The molecule has 13 heavy (non-hydrogen) atoms. The van der Waals surface area contributed by atoms with Crippen LogP contribution in [0.3, 0.4) is 0 Å². The number of aromatic nitrogens is 2. The molecule has 3 heteroatoms. The molecular formula is C10H11N3. The highest BCUT2D eigenvalue weighted by Crippen LogP contribution is 2.20. The fourth-order valence-electron chi connectivity index (χ4n) is 1.30. The van der Waals surface area contributed by atoms with Crippen LogP contribution in [0, 0.1) is 13.8 Å². The van der Waals surface area contributed by atoms with Gasteiger partial charge in [-0.05, 0) is 25.5 Å². The van der Waals surface area contributed by atoms with E-state index < -0.39 is 0 Å². The third-order valence-electron chi connectivity index (χ3n) is 2.09. The van der Waals surface area contributed by atoms with Gasteiger partial charge in [-0.25, -0.2) is 4.98 Å². The lowest BCUT2D eigenvalue weighted by Gasteiger charge is -2.03. The molecule has 0 bridgehead atoms. The molecule has 0 saturated carbocycles. The number of benzene rings is 1. The van der Waals surface area contributed by atoms with E-state index in [1.165, 1.54) is 0 Å². The van der Waals surface area contributed by atoms with Gasteiger partial charge >= 0.3 is 0 Å². The Hall–Kier alpha value is -1.64. The van der Waals surface area contributed by atoms with E-state index in [4.69, 9.17) is 5.73 Å². The highest BCUT2D eigenvalue weighted by Gasteiger charge is 2.02. The average Bonchev–Trinajstić information content (AvgIpc) is 2.12. The van der Waals surface area contributed by atoms with Crippen molar-refractivity contribution in [2.75, 3.05) is 5.73 Å². The number of nitrogen functional groups attached to an aromatic ring is 1. The number of nitrogens with zero attached hydrogens (tertiary/aromatic N) is 2. The Balaban J connectivity index is 2.87. The quantitative estimate of drug-likeness (QED) is 0.618. The Morgan fingerprint density at radius 3 is 2.77 bits per heavy atom. The molecule has 1 aromatic carbocycles. The standard InChI is InChI=1S/C10H11N3/c1-6-3-4-8-10(9(6)11)12-5-7(2)13-8/h3-5H,11H2,1-2H3. The van der Waals surface area contributed by atoms with Crippen molar-refractivity contribution in [3.05, 3.63) is 29.6 Å². The molecule has 0 aliphatic rings. The Labute approximate surface area is 76.6 Å². The number of rotatable bonds is 0. The second-order valence-electron chi connectivity index (χ2n) is 3.18. The first-order chi connectivity index (χ1) is 6.18. The van der Waals surface area contributed by atoms with Crippen LogP contribution in [0.4, 0.5) is 5.69 Å². The molecule has 2 rings (SSSR count). The lowest BCUT2D eigenvalue weighted by atomic mass is 10.1. The predicted molar refractivity (Wildman–Crippen MR) is 53.4 cm³/mol. The van der Waals surface area contributed by atoms with E-state index >= 15 is 0 Å². The summed E-state index contributed by atoms with van der Waals surface area (Å²) in [5, 5.41) is 0. The Morgan fingerprint density at radius 2 is 2.00 bits per heavy atom. The summed E-state index contributed by atoms with van der Waals surface area (Å²) < 4.78 is 0. The van der Waals surface area contributed by atoms with Crippen molar-refractivity contribution in [1.82, 2.24) is 9.97 Å². The number of aryl methyl sites for hydroxylation is 2. The van der Waals surface area contributed by atoms with Crippen molar-refractivity contribution < 1.29 is 0 Å². The van der Waals surface area contributed by atoms with Gasteiger partial charge in [0.25, 0.3) is 0 Å². The summed E-state index contributed by atoms with van der Waals surface area (Å²) in [6.45, 7) is 3.89. The molecule has 0 fully saturated rings. The zero-order valence-electron chi connectivity index (χ0n) is 7.70. The summed E-state index contributed by atoms with van der Waals surface area (Å²) in [6, 6.07) is 3.91. The minimum absolute atomic E-state index is 0.727. The molecule has 3 nitrogen and oxygen atoms in total. The van der Waals surface area contributed by atoms with Gasteiger partial charge in [0.1, 0.15) is 5.52 Å². The smallest absolute Gasteiger partial charge is 0.112 e. The van der Waals surface area contributed by atoms with Crippen LogP contribution in [0.1, 0.15) is 11.3 Å². The van der Waals surface area contributed by atoms with Crippen LogP contribution in [0.5, 0.6) is 0 Å². The van der Waals surface area contributed by atoms with Crippen LogP contribution in [0.25, 0.3) is 11.0 Å². The van der Waals surface area contributed by atoms with Gasteiger partial charge in [-0.2, -0.15) is 0 Å². The molecule has 0 unspecified atom stereocenters. The molecule has 66 valence electrons. The third-order valence-corrected chi connectivity index (χ3v) is 2.09. The highest BCUT2D eigenvalue weighted by atomic mass is 14.8. The Morgan fingerprint density at radius 1 is 1.23 bits per heavy atom. The fraction of sp³-hybridized carbons (Fsp3) is 0.200. The van der Waals surface area contributed by atoms with Crippen molar-refractivity contribution in [3.8, 4) is 0 Å². The van der Waals surface area contributed by atoms with Crippen LogP contribution in [0.2, 0.25) is 0 Å². The molecule has 1 aromatic heterocycles. The van der Waals surface area contributed by atoms with Gasteiger partial charge in [0.15, 0.2) is 0 Å². The highest BCUT2D eigenvalue weighted by molar-refractivity contribution is 5.88. The van der Waals surface area contributed by atoms with Crippen LogP contribution in [-0.2, 0) is 0 Å². The van der Waals surface area contributed by atoms with Crippen molar-refractivity contribution in [2.24, 2.45) is 0 Å². The largest absolute Gasteiger partial charge is 0.397 e. The monoisotopic (exact) mass is 173 g/mol. The predicted octanol–water partition coefficient (Wildman–Crippen LogP) is 1.83. The van der Waals surface area contributed by atoms with E-state index in [9.17, 15) is 0 Å². The number of nitrogens with two attached hydrogens (primary N) is 1. The lowest BCUT2D eigenvalue weighted by molar-refractivity contribution is 1.18. The van der Waals surface area contributed by atoms with Crippen molar-refractivity contribution in [3.63, 3.8) is 0 Å². The summed E-state index contributed by atoms with van der Waals surface area (Å²) in [6.07, 6.45) is 1.73. The van der Waals surface area contributed by atoms with E-state index in [1.54, 1.807) is 6.20 Å². The average molecular weight is 173 g/mol. The molecule has 0 spiro atoms. The number of fused-ring (bicyclic) bond motifs is 1. The topological polar surface area (TPSA) is 51.8 Å². The molecule has 2 N–H and O–H groups in total. The van der Waals surface area contributed by atoms with Gasteiger partial charge in [0, 0.05) is 6.20 Å². The first-order valence-electron chi connectivity index (χ1n) is 4.17. The molecule has 0 aliphatic heterocycles. The lowest BCUT2D eigenvalue weighted by Crippen LogP contribution is -1.95. The molecule has 1 heterocycles. The van der Waals surface area contributed by atoms with E-state index in [0.717, 1.165) is 28.0 Å². The SMILES string of the molecule is Cc1cnc2c(N)c(C)ccc2n1. The summed E-state index contributed by atoms with van der Waals surface area (Å²) in [5.41, 5.74) is 10.2. The summed E-state index contributed by atoms with van der Waals surface area (Å²) >= 11 is 0. The van der Waals surface area contributed by atoms with Crippen molar-refractivity contribution >= 4 is 16.7 Å². The van der Waals surface area contributed by atoms with Gasteiger partial charge < -0.3 is 5.73 Å². The molecule has 0 saturated heterocycles. The van der Waals surface area contributed by atoms with E-state index in [2.05, 4.69) is 9.97 Å². The summed E-state index contributed by atoms with van der Waals surface area (Å²) in [7, 11) is 0.